The zero-order chi connectivity index (χ0) is 8.32. The van der Waals surface area contributed by atoms with E-state index in [9.17, 15) is 0 Å². The fourth-order valence-electron chi connectivity index (χ4n) is 0.904. The Balaban J connectivity index is 2.14. The third kappa shape index (κ3) is 1.90. The summed E-state index contributed by atoms with van der Waals surface area (Å²) in [5, 5.41) is 0. The summed E-state index contributed by atoms with van der Waals surface area (Å²) < 4.78 is 20.2. The molecular weight excluding hydrogens is 148 g/mol. The van der Waals surface area contributed by atoms with Crippen LogP contribution in [0.1, 0.15) is 6.92 Å². The molecule has 0 aromatic heterocycles. The summed E-state index contributed by atoms with van der Waals surface area (Å²) in [5.74, 6) is -0.779. The van der Waals surface area contributed by atoms with Crippen LogP contribution in [0.2, 0.25) is 0 Å². The second kappa shape index (κ2) is 3.49. The second-order valence-electron chi connectivity index (χ2n) is 2.41. The van der Waals surface area contributed by atoms with Crippen LogP contribution in [0.25, 0.3) is 0 Å². The molecule has 1 saturated heterocycles. The van der Waals surface area contributed by atoms with Crippen molar-refractivity contribution in [1.82, 2.24) is 0 Å². The van der Waals surface area contributed by atoms with E-state index in [1.165, 1.54) is 0 Å². The van der Waals surface area contributed by atoms with Crippen molar-refractivity contribution in [3.8, 4) is 0 Å². The van der Waals surface area contributed by atoms with Crippen LogP contribution in [0, 0.1) is 0 Å². The predicted molar refractivity (Wildman–Crippen MR) is 38.1 cm³/mol. The number of hydrogen-bond donors (Lipinski definition) is 0. The molecule has 0 amide bonds. The minimum absolute atomic E-state index is 0.0318. The highest BCUT2D eigenvalue weighted by atomic mass is 16.9. The molecule has 0 N–H and O–H groups in total. The Morgan fingerprint density at radius 2 is 2.00 bits per heavy atom. The predicted octanol–water partition coefficient (Wildman–Crippen LogP) is 0.368. The molecule has 0 saturated carbocycles. The lowest BCUT2D eigenvalue weighted by atomic mass is 10.5. The minimum Gasteiger partial charge on any atom is -0.382 e. The molecule has 66 valence electrons. The molecule has 1 heterocycles. The van der Waals surface area contributed by atoms with E-state index in [0.29, 0.717) is 13.2 Å². The maximum Gasteiger partial charge on any atom is 0.311 e. The van der Waals surface area contributed by atoms with Gasteiger partial charge >= 0.3 is 5.97 Å². The molecule has 2 atom stereocenters. The van der Waals surface area contributed by atoms with Gasteiger partial charge in [0.05, 0.1) is 13.2 Å². The molecule has 4 heteroatoms. The first kappa shape index (κ1) is 8.93. The van der Waals surface area contributed by atoms with Crippen molar-refractivity contribution in [2.24, 2.45) is 0 Å². The first-order chi connectivity index (χ1) is 5.25. The molecule has 11 heavy (non-hydrogen) atoms. The fraction of sp³-hybridized carbons (Fsp3) is 1.00. The Morgan fingerprint density at radius 3 is 2.36 bits per heavy atom. The van der Waals surface area contributed by atoms with E-state index in [0.717, 1.165) is 0 Å². The van der Waals surface area contributed by atoms with Crippen LogP contribution in [0.15, 0.2) is 0 Å². The van der Waals surface area contributed by atoms with Crippen molar-refractivity contribution >= 4 is 0 Å². The Kier molecular flexibility index (Phi) is 2.84. The SMILES string of the molecule is COCCOC1(OC)OC1C. The molecule has 1 aliphatic rings. The normalized spacial score (nSPS) is 35.7. The molecule has 4 nitrogen and oxygen atoms in total. The third-order valence-corrected chi connectivity index (χ3v) is 1.66. The van der Waals surface area contributed by atoms with Crippen LogP contribution in [0.3, 0.4) is 0 Å². The average molecular weight is 162 g/mol. The van der Waals surface area contributed by atoms with Crippen LogP contribution in [-0.4, -0.2) is 39.5 Å². The van der Waals surface area contributed by atoms with E-state index in [1.54, 1.807) is 14.2 Å². The summed E-state index contributed by atoms with van der Waals surface area (Å²) in [6.45, 7) is 2.95. The summed E-state index contributed by atoms with van der Waals surface area (Å²) in [6.07, 6.45) is 0.0318. The van der Waals surface area contributed by atoms with E-state index >= 15 is 0 Å². The summed E-state index contributed by atoms with van der Waals surface area (Å²) in [4.78, 5) is 0. The van der Waals surface area contributed by atoms with E-state index in [1.807, 2.05) is 6.92 Å². The van der Waals surface area contributed by atoms with Crippen molar-refractivity contribution in [2.45, 2.75) is 19.0 Å². The van der Waals surface area contributed by atoms with Crippen molar-refractivity contribution < 1.29 is 18.9 Å². The largest absolute Gasteiger partial charge is 0.382 e. The first-order valence-corrected chi connectivity index (χ1v) is 3.61. The highest BCUT2D eigenvalue weighted by Gasteiger charge is 2.56. The van der Waals surface area contributed by atoms with Gasteiger partial charge in [0.15, 0.2) is 0 Å². The van der Waals surface area contributed by atoms with Crippen LogP contribution < -0.4 is 0 Å². The molecule has 1 rings (SSSR count). The summed E-state index contributed by atoms with van der Waals surface area (Å²) in [6, 6.07) is 0. The third-order valence-electron chi connectivity index (χ3n) is 1.66. The van der Waals surface area contributed by atoms with Gasteiger partial charge in [-0.3, -0.25) is 0 Å². The quantitative estimate of drug-likeness (QED) is 0.332. The maximum absolute atomic E-state index is 5.27. The van der Waals surface area contributed by atoms with Gasteiger partial charge in [0.25, 0.3) is 0 Å². The number of ether oxygens (including phenoxy) is 4. The number of rotatable bonds is 5. The van der Waals surface area contributed by atoms with Crippen molar-refractivity contribution in [3.63, 3.8) is 0 Å². The Hall–Kier alpha value is -0.160. The van der Waals surface area contributed by atoms with Crippen LogP contribution in [-0.2, 0) is 18.9 Å². The Morgan fingerprint density at radius 1 is 1.36 bits per heavy atom. The smallest absolute Gasteiger partial charge is 0.311 e. The molecule has 0 aromatic rings. The lowest BCUT2D eigenvalue weighted by molar-refractivity contribution is -0.217. The minimum atomic E-state index is -0.779. The standard InChI is InChI=1S/C7H14O4/c1-6-7(9-3,11-6)10-5-4-8-2/h6H,4-5H2,1-3H3. The van der Waals surface area contributed by atoms with Gasteiger partial charge < -0.3 is 18.9 Å². The molecule has 2 unspecified atom stereocenters. The fourth-order valence-corrected chi connectivity index (χ4v) is 0.904. The van der Waals surface area contributed by atoms with Crippen molar-refractivity contribution in [2.75, 3.05) is 27.4 Å². The van der Waals surface area contributed by atoms with Gasteiger partial charge in [-0.2, -0.15) is 0 Å². The van der Waals surface area contributed by atoms with E-state index in [4.69, 9.17) is 18.9 Å². The molecular formula is C7H14O4. The molecule has 0 aliphatic carbocycles. The number of hydrogen-bond acceptors (Lipinski definition) is 4. The molecule has 1 aliphatic heterocycles. The lowest BCUT2D eigenvalue weighted by Crippen LogP contribution is -2.23. The van der Waals surface area contributed by atoms with E-state index in [-0.39, 0.29) is 6.10 Å². The van der Waals surface area contributed by atoms with Gasteiger partial charge in [-0.05, 0) is 6.92 Å². The first-order valence-electron chi connectivity index (χ1n) is 3.61. The lowest BCUT2D eigenvalue weighted by Gasteiger charge is -2.10. The van der Waals surface area contributed by atoms with Crippen LogP contribution in [0.4, 0.5) is 0 Å². The Labute approximate surface area is 66.4 Å². The summed E-state index contributed by atoms with van der Waals surface area (Å²) >= 11 is 0. The molecule has 1 fully saturated rings. The van der Waals surface area contributed by atoms with Gasteiger partial charge in [-0.25, -0.2) is 0 Å². The highest BCUT2D eigenvalue weighted by Crippen LogP contribution is 2.37. The molecule has 0 radical (unpaired) electrons. The molecule has 0 spiro atoms. The molecule has 0 aromatic carbocycles. The van der Waals surface area contributed by atoms with Crippen LogP contribution >= 0.6 is 0 Å². The zero-order valence-electron chi connectivity index (χ0n) is 7.12. The monoisotopic (exact) mass is 162 g/mol. The summed E-state index contributed by atoms with van der Waals surface area (Å²) in [7, 11) is 3.19. The second-order valence-corrected chi connectivity index (χ2v) is 2.41. The maximum atomic E-state index is 5.27. The summed E-state index contributed by atoms with van der Waals surface area (Å²) in [5.41, 5.74) is 0. The number of epoxide rings is 1. The van der Waals surface area contributed by atoms with Gasteiger partial charge in [0.1, 0.15) is 6.10 Å². The van der Waals surface area contributed by atoms with E-state index in [2.05, 4.69) is 0 Å². The van der Waals surface area contributed by atoms with Crippen molar-refractivity contribution in [3.05, 3.63) is 0 Å². The van der Waals surface area contributed by atoms with Crippen molar-refractivity contribution in [1.29, 1.82) is 0 Å². The van der Waals surface area contributed by atoms with Gasteiger partial charge in [0.2, 0.25) is 0 Å². The topological polar surface area (TPSA) is 40.2 Å². The number of methoxy groups -OCH3 is 2. The van der Waals surface area contributed by atoms with Gasteiger partial charge in [-0.15, -0.1) is 0 Å². The average Bonchev–Trinajstić information content (AvgIpc) is 2.64. The van der Waals surface area contributed by atoms with E-state index < -0.39 is 5.97 Å². The zero-order valence-corrected chi connectivity index (χ0v) is 7.12. The Bertz CT molecular complexity index is 124. The van der Waals surface area contributed by atoms with Gasteiger partial charge in [0, 0.05) is 14.2 Å². The van der Waals surface area contributed by atoms with Gasteiger partial charge in [-0.1, -0.05) is 0 Å². The molecule has 0 bridgehead atoms. The van der Waals surface area contributed by atoms with Crippen LogP contribution in [0.5, 0.6) is 0 Å². The highest BCUT2D eigenvalue weighted by molar-refractivity contribution is 4.81.